The molecule has 1 aromatic rings. The van der Waals surface area contributed by atoms with Crippen molar-refractivity contribution < 1.29 is 9.50 Å². The van der Waals surface area contributed by atoms with Crippen LogP contribution in [0, 0.1) is 5.82 Å². The molecule has 0 unspecified atom stereocenters. The lowest BCUT2D eigenvalue weighted by atomic mass is 9.85. The summed E-state index contributed by atoms with van der Waals surface area (Å²) in [5, 5.41) is 9.46. The van der Waals surface area contributed by atoms with Gasteiger partial charge in [0.2, 0.25) is 0 Å². The molecule has 0 heterocycles. The highest BCUT2D eigenvalue weighted by Crippen LogP contribution is 2.26. The summed E-state index contributed by atoms with van der Waals surface area (Å²) in [6.07, 6.45) is -0.0851. The van der Waals surface area contributed by atoms with Gasteiger partial charge in [-0.15, -0.1) is 0 Å². The second-order valence-electron chi connectivity index (χ2n) is 5.16. The number of aliphatic hydroxyl groups excluding tert-OH is 1. The summed E-state index contributed by atoms with van der Waals surface area (Å²) in [5.41, 5.74) is 6.72. The fourth-order valence-corrected chi connectivity index (χ4v) is 1.63. The normalized spacial score (nSPS) is 13.9. The van der Waals surface area contributed by atoms with E-state index in [1.165, 1.54) is 6.07 Å². The first-order valence-corrected chi connectivity index (χ1v) is 5.51. The third-order valence-electron chi connectivity index (χ3n) is 2.58. The Labute approximate surface area is 96.3 Å². The first-order valence-electron chi connectivity index (χ1n) is 5.51. The Morgan fingerprint density at radius 1 is 1.38 bits per heavy atom. The predicted octanol–water partition coefficient (Wildman–Crippen LogP) is 1.99. The maximum Gasteiger partial charge on any atom is 0.126 e. The summed E-state index contributed by atoms with van der Waals surface area (Å²) >= 11 is 0. The molecule has 2 nitrogen and oxygen atoms in total. The molecule has 1 aromatic carbocycles. The van der Waals surface area contributed by atoms with Crippen LogP contribution in [0.5, 0.6) is 0 Å². The van der Waals surface area contributed by atoms with Gasteiger partial charge in [0.15, 0.2) is 0 Å². The van der Waals surface area contributed by atoms with Crippen molar-refractivity contribution in [1.29, 1.82) is 0 Å². The Hall–Kier alpha value is -0.930. The number of nitrogens with two attached hydrogens (primary N) is 1. The number of rotatable bonds is 3. The van der Waals surface area contributed by atoms with Gasteiger partial charge in [-0.3, -0.25) is 0 Å². The van der Waals surface area contributed by atoms with Crippen molar-refractivity contribution in [1.82, 2.24) is 0 Å². The van der Waals surface area contributed by atoms with Crippen molar-refractivity contribution in [2.45, 2.75) is 38.7 Å². The smallest absolute Gasteiger partial charge is 0.126 e. The van der Waals surface area contributed by atoms with Crippen LogP contribution in [-0.2, 0) is 11.8 Å². The van der Waals surface area contributed by atoms with Crippen LogP contribution in [-0.4, -0.2) is 17.8 Å². The number of halogens is 1. The van der Waals surface area contributed by atoms with Gasteiger partial charge in [-0.25, -0.2) is 4.39 Å². The molecule has 3 N–H and O–H groups in total. The topological polar surface area (TPSA) is 46.2 Å². The number of benzene rings is 1. The molecule has 16 heavy (non-hydrogen) atoms. The molecule has 0 bridgehead atoms. The van der Waals surface area contributed by atoms with E-state index < -0.39 is 6.10 Å². The lowest BCUT2D eigenvalue weighted by molar-refractivity contribution is 0.183. The molecule has 1 atom stereocenters. The maximum atomic E-state index is 13.6. The highest BCUT2D eigenvalue weighted by molar-refractivity contribution is 5.30. The van der Waals surface area contributed by atoms with Crippen LogP contribution in [0.1, 0.15) is 31.9 Å². The summed E-state index contributed by atoms with van der Waals surface area (Å²) in [6, 6.07) is 4.97. The van der Waals surface area contributed by atoms with Crippen molar-refractivity contribution in [2.75, 3.05) is 6.54 Å². The zero-order chi connectivity index (χ0) is 12.3. The molecule has 0 amide bonds. The Bertz CT molecular complexity index is 357. The van der Waals surface area contributed by atoms with E-state index in [-0.39, 0.29) is 17.8 Å². The monoisotopic (exact) mass is 225 g/mol. The first-order chi connectivity index (χ1) is 7.34. The van der Waals surface area contributed by atoms with Crippen LogP contribution in [0.15, 0.2) is 18.2 Å². The summed E-state index contributed by atoms with van der Waals surface area (Å²) in [7, 11) is 0. The minimum atomic E-state index is -0.557. The number of hydrogen-bond donors (Lipinski definition) is 2. The van der Waals surface area contributed by atoms with Gasteiger partial charge in [0.05, 0.1) is 6.10 Å². The quantitative estimate of drug-likeness (QED) is 0.826. The molecule has 0 radical (unpaired) electrons. The van der Waals surface area contributed by atoms with E-state index in [1.54, 1.807) is 6.07 Å². The van der Waals surface area contributed by atoms with Crippen LogP contribution in [0.4, 0.5) is 4.39 Å². The highest BCUT2D eigenvalue weighted by atomic mass is 19.1. The van der Waals surface area contributed by atoms with Crippen LogP contribution in [0.2, 0.25) is 0 Å². The summed E-state index contributed by atoms with van der Waals surface area (Å²) in [5.74, 6) is -0.196. The first kappa shape index (κ1) is 13.1. The van der Waals surface area contributed by atoms with Gasteiger partial charge in [0.1, 0.15) is 5.82 Å². The number of hydrogen-bond acceptors (Lipinski definition) is 2. The van der Waals surface area contributed by atoms with Crippen molar-refractivity contribution in [3.63, 3.8) is 0 Å². The van der Waals surface area contributed by atoms with E-state index in [1.807, 2.05) is 26.8 Å². The molecule has 3 heteroatoms. The molecule has 0 spiro atoms. The van der Waals surface area contributed by atoms with Crippen LogP contribution in [0.3, 0.4) is 0 Å². The molecule has 0 aromatic heterocycles. The second kappa shape index (κ2) is 4.93. The lowest BCUT2D eigenvalue weighted by Gasteiger charge is -2.21. The average Bonchev–Trinajstić information content (AvgIpc) is 2.19. The SMILES string of the molecule is CC(C)(C)c1cc(C[C@@H](O)CN)ccc1F. The third-order valence-corrected chi connectivity index (χ3v) is 2.58. The van der Waals surface area contributed by atoms with Gasteiger partial charge in [-0.2, -0.15) is 0 Å². The third kappa shape index (κ3) is 3.29. The average molecular weight is 225 g/mol. The van der Waals surface area contributed by atoms with E-state index in [0.717, 1.165) is 5.56 Å². The van der Waals surface area contributed by atoms with E-state index in [2.05, 4.69) is 0 Å². The fourth-order valence-electron chi connectivity index (χ4n) is 1.63. The summed E-state index contributed by atoms with van der Waals surface area (Å²) in [6.45, 7) is 6.12. The van der Waals surface area contributed by atoms with Gasteiger partial charge in [0.25, 0.3) is 0 Å². The Morgan fingerprint density at radius 3 is 2.50 bits per heavy atom. The largest absolute Gasteiger partial charge is 0.391 e. The van der Waals surface area contributed by atoms with Gasteiger partial charge < -0.3 is 10.8 Å². The molecular formula is C13H20FNO. The van der Waals surface area contributed by atoms with Crippen LogP contribution < -0.4 is 5.73 Å². The van der Waals surface area contributed by atoms with E-state index >= 15 is 0 Å². The Balaban J connectivity index is 2.99. The van der Waals surface area contributed by atoms with Crippen LogP contribution >= 0.6 is 0 Å². The molecule has 0 saturated carbocycles. The maximum absolute atomic E-state index is 13.6. The predicted molar refractivity (Wildman–Crippen MR) is 63.9 cm³/mol. The summed E-state index contributed by atoms with van der Waals surface area (Å²) in [4.78, 5) is 0. The molecule has 0 aliphatic heterocycles. The second-order valence-corrected chi connectivity index (χ2v) is 5.16. The zero-order valence-electron chi connectivity index (χ0n) is 10.1. The van der Waals surface area contributed by atoms with Crippen molar-refractivity contribution in [2.24, 2.45) is 5.73 Å². The van der Waals surface area contributed by atoms with Crippen molar-refractivity contribution in [3.8, 4) is 0 Å². The highest BCUT2D eigenvalue weighted by Gasteiger charge is 2.19. The minimum Gasteiger partial charge on any atom is -0.391 e. The molecule has 0 fully saturated rings. The molecular weight excluding hydrogens is 205 g/mol. The summed E-state index contributed by atoms with van der Waals surface area (Å²) < 4.78 is 13.6. The van der Waals surface area contributed by atoms with E-state index in [0.29, 0.717) is 12.0 Å². The van der Waals surface area contributed by atoms with Crippen molar-refractivity contribution >= 4 is 0 Å². The fraction of sp³-hybridized carbons (Fsp3) is 0.538. The van der Waals surface area contributed by atoms with Gasteiger partial charge in [-0.1, -0.05) is 32.9 Å². The van der Waals surface area contributed by atoms with E-state index in [4.69, 9.17) is 5.73 Å². The Kier molecular flexibility index (Phi) is 4.05. The molecule has 0 aliphatic rings. The molecule has 0 saturated heterocycles. The minimum absolute atomic E-state index is 0.196. The van der Waals surface area contributed by atoms with Crippen molar-refractivity contribution in [3.05, 3.63) is 35.1 Å². The standard InChI is InChI=1S/C13H20FNO/c1-13(2,3)11-7-9(4-5-12(11)14)6-10(16)8-15/h4-5,7,10,16H,6,8,15H2,1-3H3/t10-/m1/s1. The zero-order valence-corrected chi connectivity index (χ0v) is 10.1. The lowest BCUT2D eigenvalue weighted by Crippen LogP contribution is -2.22. The van der Waals surface area contributed by atoms with Gasteiger partial charge in [-0.05, 0) is 29.0 Å². The number of aliphatic hydroxyl groups is 1. The molecule has 90 valence electrons. The van der Waals surface area contributed by atoms with Gasteiger partial charge in [0, 0.05) is 6.54 Å². The van der Waals surface area contributed by atoms with Crippen LogP contribution in [0.25, 0.3) is 0 Å². The molecule has 0 aliphatic carbocycles. The van der Waals surface area contributed by atoms with E-state index in [9.17, 15) is 9.50 Å². The molecule has 1 rings (SSSR count). The van der Waals surface area contributed by atoms with Gasteiger partial charge >= 0.3 is 0 Å². The Morgan fingerprint density at radius 2 is 2.00 bits per heavy atom.